The number of rotatable bonds is 5. The van der Waals surface area contributed by atoms with Gasteiger partial charge in [-0.3, -0.25) is 4.90 Å². The first-order valence-corrected chi connectivity index (χ1v) is 7.34. The Morgan fingerprint density at radius 2 is 2.35 bits per heavy atom. The Balaban J connectivity index is 0.00000144. The van der Waals surface area contributed by atoms with Crippen molar-refractivity contribution < 1.29 is 4.74 Å². The summed E-state index contributed by atoms with van der Waals surface area (Å²) in [6.07, 6.45) is 2.82. The Bertz CT molecular complexity index is 320. The summed E-state index contributed by atoms with van der Waals surface area (Å²) < 4.78 is 6.54. The average Bonchev–Trinajstić information content (AvgIpc) is 2.80. The second-order valence-electron chi connectivity index (χ2n) is 3.67. The maximum atomic E-state index is 5.56. The van der Waals surface area contributed by atoms with Crippen LogP contribution in [0.4, 0.5) is 0 Å². The van der Waals surface area contributed by atoms with Crippen molar-refractivity contribution in [3.05, 3.63) is 22.8 Å². The van der Waals surface area contributed by atoms with Crippen molar-refractivity contribution in [2.24, 2.45) is 0 Å². The quantitative estimate of drug-likeness (QED) is 0.770. The largest absolute Gasteiger partial charge is 0.478 e. The van der Waals surface area contributed by atoms with Gasteiger partial charge in [0.2, 0.25) is 5.88 Å². The Kier molecular flexibility index (Phi) is 7.27. The van der Waals surface area contributed by atoms with Crippen LogP contribution in [0.1, 0.15) is 6.42 Å². The second kappa shape index (κ2) is 8.19. The standard InChI is InChI=1S/C11H15BrN2OS.ClH/c12-10-2-3-11(13-8-10)15-6-1-4-14-5-7-16-9-14;/h2-3,8H,1,4-7,9H2;1H. The molecule has 0 bridgehead atoms. The molecule has 1 saturated heterocycles. The highest BCUT2D eigenvalue weighted by molar-refractivity contribution is 9.10. The van der Waals surface area contributed by atoms with Gasteiger partial charge in [0, 0.05) is 41.5 Å². The van der Waals surface area contributed by atoms with Crippen LogP contribution in [0.5, 0.6) is 5.88 Å². The van der Waals surface area contributed by atoms with Gasteiger partial charge in [0.1, 0.15) is 0 Å². The van der Waals surface area contributed by atoms with E-state index in [4.69, 9.17) is 4.74 Å². The molecule has 0 aliphatic carbocycles. The van der Waals surface area contributed by atoms with Crippen LogP contribution in [0.25, 0.3) is 0 Å². The predicted molar refractivity (Wildman–Crippen MR) is 78.2 cm³/mol. The summed E-state index contributed by atoms with van der Waals surface area (Å²) in [6.45, 7) is 3.10. The molecule has 2 heterocycles. The van der Waals surface area contributed by atoms with Crippen LogP contribution in [-0.4, -0.2) is 41.2 Å². The van der Waals surface area contributed by atoms with E-state index in [2.05, 4.69) is 25.8 Å². The van der Waals surface area contributed by atoms with Gasteiger partial charge in [-0.05, 0) is 28.4 Å². The second-order valence-corrected chi connectivity index (χ2v) is 5.66. The van der Waals surface area contributed by atoms with Gasteiger partial charge < -0.3 is 4.74 Å². The van der Waals surface area contributed by atoms with E-state index < -0.39 is 0 Å². The summed E-state index contributed by atoms with van der Waals surface area (Å²) in [5, 5.41) is 0. The van der Waals surface area contributed by atoms with Crippen molar-refractivity contribution >= 4 is 40.1 Å². The van der Waals surface area contributed by atoms with Crippen LogP contribution in [0, 0.1) is 0 Å². The van der Waals surface area contributed by atoms with Gasteiger partial charge >= 0.3 is 0 Å². The molecule has 1 aromatic heterocycles. The van der Waals surface area contributed by atoms with Gasteiger partial charge in [-0.25, -0.2) is 4.98 Å². The number of hydrogen-bond donors (Lipinski definition) is 0. The third-order valence-corrected chi connectivity index (χ3v) is 3.88. The molecule has 0 saturated carbocycles. The van der Waals surface area contributed by atoms with E-state index in [0.29, 0.717) is 5.88 Å². The number of ether oxygens (including phenoxy) is 1. The van der Waals surface area contributed by atoms with Crippen molar-refractivity contribution in [2.75, 3.05) is 31.3 Å². The molecular formula is C11H16BrClN2OS. The lowest BCUT2D eigenvalue weighted by atomic mass is 10.4. The molecule has 17 heavy (non-hydrogen) atoms. The lowest BCUT2D eigenvalue weighted by Gasteiger charge is -2.13. The van der Waals surface area contributed by atoms with Gasteiger partial charge in [-0.15, -0.1) is 24.2 Å². The van der Waals surface area contributed by atoms with Crippen LogP contribution in [0.2, 0.25) is 0 Å². The maximum absolute atomic E-state index is 5.56. The fourth-order valence-corrected chi connectivity index (χ4v) is 2.81. The molecule has 96 valence electrons. The Hall–Kier alpha value is 0.0300. The molecule has 0 N–H and O–H groups in total. The third kappa shape index (κ3) is 5.46. The highest BCUT2D eigenvalue weighted by Crippen LogP contribution is 2.14. The Labute approximate surface area is 121 Å². The van der Waals surface area contributed by atoms with Crippen molar-refractivity contribution in [1.29, 1.82) is 0 Å². The van der Waals surface area contributed by atoms with Crippen molar-refractivity contribution in [2.45, 2.75) is 6.42 Å². The van der Waals surface area contributed by atoms with E-state index in [-0.39, 0.29) is 12.4 Å². The van der Waals surface area contributed by atoms with E-state index in [1.165, 1.54) is 18.2 Å². The minimum atomic E-state index is 0. The number of hydrogen-bond acceptors (Lipinski definition) is 4. The number of aromatic nitrogens is 1. The van der Waals surface area contributed by atoms with E-state index in [0.717, 1.165) is 24.0 Å². The van der Waals surface area contributed by atoms with Crippen molar-refractivity contribution in [3.63, 3.8) is 0 Å². The molecule has 0 spiro atoms. The molecular weight excluding hydrogens is 324 g/mol. The first-order chi connectivity index (χ1) is 7.84. The summed E-state index contributed by atoms with van der Waals surface area (Å²) in [7, 11) is 0. The van der Waals surface area contributed by atoms with Gasteiger partial charge in [-0.1, -0.05) is 0 Å². The zero-order valence-corrected chi connectivity index (χ0v) is 12.7. The highest BCUT2D eigenvalue weighted by Gasteiger charge is 2.10. The molecule has 1 aliphatic heterocycles. The molecule has 0 radical (unpaired) electrons. The van der Waals surface area contributed by atoms with Crippen LogP contribution in [0.3, 0.4) is 0 Å². The molecule has 6 heteroatoms. The summed E-state index contributed by atoms with van der Waals surface area (Å²) in [6, 6.07) is 3.83. The average molecular weight is 340 g/mol. The van der Waals surface area contributed by atoms with E-state index in [9.17, 15) is 0 Å². The fourth-order valence-electron chi connectivity index (χ4n) is 1.54. The molecule has 0 aromatic carbocycles. The lowest BCUT2D eigenvalue weighted by molar-refractivity contribution is 0.262. The van der Waals surface area contributed by atoms with Crippen LogP contribution in [0.15, 0.2) is 22.8 Å². The minimum Gasteiger partial charge on any atom is -0.478 e. The van der Waals surface area contributed by atoms with E-state index >= 15 is 0 Å². The smallest absolute Gasteiger partial charge is 0.213 e. The van der Waals surface area contributed by atoms with Crippen LogP contribution < -0.4 is 4.74 Å². The molecule has 3 nitrogen and oxygen atoms in total. The number of nitrogens with zero attached hydrogens (tertiary/aromatic N) is 2. The molecule has 1 aromatic rings. The Morgan fingerprint density at radius 1 is 1.47 bits per heavy atom. The molecule has 0 amide bonds. The molecule has 1 fully saturated rings. The summed E-state index contributed by atoms with van der Waals surface area (Å²) in [5.74, 6) is 3.16. The summed E-state index contributed by atoms with van der Waals surface area (Å²) in [5.41, 5.74) is 0. The van der Waals surface area contributed by atoms with E-state index in [1.807, 2.05) is 23.9 Å². The van der Waals surface area contributed by atoms with Crippen LogP contribution >= 0.6 is 40.1 Å². The Morgan fingerprint density at radius 3 is 3.00 bits per heavy atom. The van der Waals surface area contributed by atoms with Gasteiger partial charge in [0.25, 0.3) is 0 Å². The monoisotopic (exact) mass is 338 g/mol. The SMILES string of the molecule is Brc1ccc(OCCCN2CCSC2)nc1.Cl. The highest BCUT2D eigenvalue weighted by atomic mass is 79.9. The lowest BCUT2D eigenvalue weighted by Crippen LogP contribution is -2.22. The van der Waals surface area contributed by atoms with Gasteiger partial charge in [-0.2, -0.15) is 0 Å². The third-order valence-electron chi connectivity index (χ3n) is 2.39. The number of halogens is 2. The molecule has 1 aliphatic rings. The van der Waals surface area contributed by atoms with Crippen LogP contribution in [-0.2, 0) is 0 Å². The predicted octanol–water partition coefficient (Wildman–Crippen LogP) is 3.04. The molecule has 0 atom stereocenters. The molecule has 2 rings (SSSR count). The summed E-state index contributed by atoms with van der Waals surface area (Å²) >= 11 is 5.35. The fraction of sp³-hybridized carbons (Fsp3) is 0.545. The minimum absolute atomic E-state index is 0. The van der Waals surface area contributed by atoms with Gasteiger partial charge in [0.15, 0.2) is 0 Å². The normalized spacial score (nSPS) is 15.6. The number of pyridine rings is 1. The summed E-state index contributed by atoms with van der Waals surface area (Å²) in [4.78, 5) is 6.62. The molecule has 0 unspecified atom stereocenters. The first kappa shape index (κ1) is 15.1. The topological polar surface area (TPSA) is 25.4 Å². The van der Waals surface area contributed by atoms with Crippen molar-refractivity contribution in [3.8, 4) is 5.88 Å². The zero-order valence-electron chi connectivity index (χ0n) is 9.47. The van der Waals surface area contributed by atoms with Gasteiger partial charge in [0.05, 0.1) is 6.61 Å². The van der Waals surface area contributed by atoms with Crippen molar-refractivity contribution in [1.82, 2.24) is 9.88 Å². The van der Waals surface area contributed by atoms with E-state index in [1.54, 1.807) is 6.20 Å². The maximum Gasteiger partial charge on any atom is 0.213 e. The first-order valence-electron chi connectivity index (χ1n) is 5.39. The zero-order chi connectivity index (χ0) is 11.2. The number of thioether (sulfide) groups is 1.